The lowest BCUT2D eigenvalue weighted by atomic mass is 10.0. The lowest BCUT2D eigenvalue weighted by Crippen LogP contribution is -2.35. The van der Waals surface area contributed by atoms with Crippen LogP contribution in [0.1, 0.15) is 54.2 Å². The van der Waals surface area contributed by atoms with Gasteiger partial charge < -0.3 is 10.2 Å². The fourth-order valence-electron chi connectivity index (χ4n) is 3.91. The highest BCUT2D eigenvalue weighted by molar-refractivity contribution is 6.06. The number of carbonyl (C=O) groups excluding carboxylic acids is 1. The SMILES string of the molecule is Cc1ccc2nc(C)cc(C(=O)NCCCCN3CCCC(C)C3)c2c1. The summed E-state index contributed by atoms with van der Waals surface area (Å²) in [5.41, 5.74) is 3.65. The minimum absolute atomic E-state index is 0.0118. The van der Waals surface area contributed by atoms with E-state index in [0.717, 1.165) is 59.6 Å². The van der Waals surface area contributed by atoms with Crippen molar-refractivity contribution in [3.8, 4) is 0 Å². The maximum atomic E-state index is 12.7. The van der Waals surface area contributed by atoms with Crippen molar-refractivity contribution in [1.29, 1.82) is 0 Å². The summed E-state index contributed by atoms with van der Waals surface area (Å²) in [5, 5.41) is 4.04. The Hall–Kier alpha value is -1.94. The fourth-order valence-corrected chi connectivity index (χ4v) is 3.91. The number of amides is 1. The Bertz CT molecular complexity index is 771. The number of hydrogen-bond acceptors (Lipinski definition) is 3. The van der Waals surface area contributed by atoms with E-state index in [2.05, 4.69) is 22.1 Å². The summed E-state index contributed by atoms with van der Waals surface area (Å²) in [6.07, 6.45) is 4.86. The van der Waals surface area contributed by atoms with Gasteiger partial charge in [0.25, 0.3) is 5.91 Å². The molecule has 3 rings (SSSR count). The third-order valence-corrected chi connectivity index (χ3v) is 5.26. The Kier molecular flexibility index (Phi) is 6.25. The Labute approximate surface area is 157 Å². The van der Waals surface area contributed by atoms with E-state index >= 15 is 0 Å². The number of carbonyl (C=O) groups is 1. The number of nitrogens with one attached hydrogen (secondary N) is 1. The highest BCUT2D eigenvalue weighted by Crippen LogP contribution is 2.20. The topological polar surface area (TPSA) is 45.2 Å². The second-order valence-corrected chi connectivity index (χ2v) is 7.84. The molecule has 4 heteroatoms. The van der Waals surface area contributed by atoms with Gasteiger partial charge in [-0.05, 0) is 76.7 Å². The number of fused-ring (bicyclic) bond motifs is 1. The van der Waals surface area contributed by atoms with Crippen molar-refractivity contribution >= 4 is 16.8 Å². The molecule has 1 saturated heterocycles. The summed E-state index contributed by atoms with van der Waals surface area (Å²) in [6, 6.07) is 7.98. The van der Waals surface area contributed by atoms with E-state index in [1.807, 2.05) is 38.1 Å². The molecule has 0 spiro atoms. The van der Waals surface area contributed by atoms with Crippen LogP contribution in [0.4, 0.5) is 0 Å². The van der Waals surface area contributed by atoms with Crippen molar-refractivity contribution in [3.05, 3.63) is 41.1 Å². The van der Waals surface area contributed by atoms with Crippen LogP contribution >= 0.6 is 0 Å². The zero-order valence-electron chi connectivity index (χ0n) is 16.3. The van der Waals surface area contributed by atoms with Gasteiger partial charge in [-0.3, -0.25) is 9.78 Å². The van der Waals surface area contributed by atoms with E-state index in [0.29, 0.717) is 0 Å². The van der Waals surface area contributed by atoms with Gasteiger partial charge in [-0.1, -0.05) is 18.6 Å². The van der Waals surface area contributed by atoms with Crippen molar-refractivity contribution in [2.45, 2.75) is 46.5 Å². The third-order valence-electron chi connectivity index (χ3n) is 5.26. The first-order valence-electron chi connectivity index (χ1n) is 9.91. The van der Waals surface area contributed by atoms with Crippen LogP contribution in [-0.2, 0) is 0 Å². The van der Waals surface area contributed by atoms with Crippen molar-refractivity contribution < 1.29 is 4.79 Å². The predicted octanol–water partition coefficient (Wildman–Crippen LogP) is 4.09. The average Bonchev–Trinajstić information content (AvgIpc) is 2.61. The number of benzene rings is 1. The Morgan fingerprint density at radius 2 is 2.12 bits per heavy atom. The molecule has 1 aliphatic rings. The van der Waals surface area contributed by atoms with E-state index in [1.54, 1.807) is 0 Å². The Balaban J connectivity index is 1.52. The van der Waals surface area contributed by atoms with Crippen LogP contribution in [-0.4, -0.2) is 42.0 Å². The van der Waals surface area contributed by atoms with Crippen LogP contribution in [0.3, 0.4) is 0 Å². The van der Waals surface area contributed by atoms with E-state index < -0.39 is 0 Å². The molecule has 0 bridgehead atoms. The summed E-state index contributed by atoms with van der Waals surface area (Å²) >= 11 is 0. The minimum atomic E-state index is 0.0118. The number of pyridine rings is 1. The molecule has 0 aliphatic carbocycles. The molecule has 1 atom stereocenters. The van der Waals surface area contributed by atoms with Crippen LogP contribution in [0.2, 0.25) is 0 Å². The van der Waals surface area contributed by atoms with Crippen molar-refractivity contribution in [2.24, 2.45) is 5.92 Å². The molecule has 0 radical (unpaired) electrons. The molecular formula is C22H31N3O. The van der Waals surface area contributed by atoms with E-state index in [1.165, 1.54) is 25.9 Å². The number of hydrogen-bond donors (Lipinski definition) is 1. The first-order valence-corrected chi connectivity index (χ1v) is 9.91. The van der Waals surface area contributed by atoms with Crippen LogP contribution in [0.15, 0.2) is 24.3 Å². The van der Waals surface area contributed by atoms with E-state index in [-0.39, 0.29) is 5.91 Å². The summed E-state index contributed by atoms with van der Waals surface area (Å²) in [4.78, 5) is 19.8. The van der Waals surface area contributed by atoms with Gasteiger partial charge in [0.15, 0.2) is 0 Å². The molecule has 1 unspecified atom stereocenters. The summed E-state index contributed by atoms with van der Waals surface area (Å²) in [5.74, 6) is 0.841. The molecule has 26 heavy (non-hydrogen) atoms. The minimum Gasteiger partial charge on any atom is -0.352 e. The zero-order chi connectivity index (χ0) is 18.5. The first kappa shape index (κ1) is 18.8. The van der Waals surface area contributed by atoms with Gasteiger partial charge >= 0.3 is 0 Å². The maximum Gasteiger partial charge on any atom is 0.252 e. The standard InChI is InChI=1S/C22H31N3O/c1-16-8-9-21-19(13-16)20(14-18(3)24-21)22(26)23-10-4-5-11-25-12-6-7-17(2)15-25/h8-9,13-14,17H,4-7,10-12,15H2,1-3H3,(H,23,26). The largest absolute Gasteiger partial charge is 0.352 e. The number of unbranched alkanes of at least 4 members (excludes halogenated alkanes) is 1. The number of rotatable bonds is 6. The van der Waals surface area contributed by atoms with E-state index in [4.69, 9.17) is 0 Å². The van der Waals surface area contributed by atoms with Crippen LogP contribution < -0.4 is 5.32 Å². The van der Waals surface area contributed by atoms with Gasteiger partial charge in [-0.15, -0.1) is 0 Å². The van der Waals surface area contributed by atoms with Gasteiger partial charge in [0.05, 0.1) is 11.1 Å². The van der Waals surface area contributed by atoms with Crippen LogP contribution in [0, 0.1) is 19.8 Å². The smallest absolute Gasteiger partial charge is 0.252 e. The second-order valence-electron chi connectivity index (χ2n) is 7.84. The number of likely N-dealkylation sites (tertiary alicyclic amines) is 1. The molecule has 1 aromatic heterocycles. The predicted molar refractivity (Wildman–Crippen MR) is 108 cm³/mol. The fraction of sp³-hybridized carbons (Fsp3) is 0.545. The molecule has 2 aromatic rings. The molecule has 0 saturated carbocycles. The maximum absolute atomic E-state index is 12.7. The highest BCUT2D eigenvalue weighted by atomic mass is 16.1. The third kappa shape index (κ3) is 4.82. The molecule has 2 heterocycles. The number of aromatic nitrogens is 1. The summed E-state index contributed by atoms with van der Waals surface area (Å²) in [6.45, 7) is 10.7. The molecule has 1 fully saturated rings. The van der Waals surface area contributed by atoms with Crippen LogP contribution in [0.5, 0.6) is 0 Å². The van der Waals surface area contributed by atoms with Gasteiger partial charge in [0, 0.05) is 24.2 Å². The summed E-state index contributed by atoms with van der Waals surface area (Å²) < 4.78 is 0. The van der Waals surface area contributed by atoms with Gasteiger partial charge in [0.1, 0.15) is 0 Å². The van der Waals surface area contributed by atoms with Crippen molar-refractivity contribution in [3.63, 3.8) is 0 Å². The van der Waals surface area contributed by atoms with Crippen molar-refractivity contribution in [1.82, 2.24) is 15.2 Å². The molecule has 1 N–H and O–H groups in total. The molecule has 1 aliphatic heterocycles. The highest BCUT2D eigenvalue weighted by Gasteiger charge is 2.15. The molecule has 1 amide bonds. The number of piperidine rings is 1. The number of aryl methyl sites for hydroxylation is 2. The first-order chi connectivity index (χ1) is 12.5. The Morgan fingerprint density at radius 1 is 1.27 bits per heavy atom. The molecular weight excluding hydrogens is 322 g/mol. The average molecular weight is 354 g/mol. The lowest BCUT2D eigenvalue weighted by Gasteiger charge is -2.30. The van der Waals surface area contributed by atoms with Crippen LogP contribution in [0.25, 0.3) is 10.9 Å². The molecule has 4 nitrogen and oxygen atoms in total. The zero-order valence-corrected chi connectivity index (χ0v) is 16.3. The number of nitrogens with zero attached hydrogens (tertiary/aromatic N) is 2. The summed E-state index contributed by atoms with van der Waals surface area (Å²) in [7, 11) is 0. The quantitative estimate of drug-likeness (QED) is 0.796. The van der Waals surface area contributed by atoms with Gasteiger partial charge in [0.2, 0.25) is 0 Å². The van der Waals surface area contributed by atoms with Gasteiger partial charge in [-0.25, -0.2) is 0 Å². The van der Waals surface area contributed by atoms with Crippen molar-refractivity contribution in [2.75, 3.05) is 26.2 Å². The second kappa shape index (κ2) is 8.63. The van der Waals surface area contributed by atoms with E-state index in [9.17, 15) is 4.79 Å². The Morgan fingerprint density at radius 3 is 2.92 bits per heavy atom. The monoisotopic (exact) mass is 353 g/mol. The molecule has 140 valence electrons. The lowest BCUT2D eigenvalue weighted by molar-refractivity contribution is 0.0953. The van der Waals surface area contributed by atoms with Gasteiger partial charge in [-0.2, -0.15) is 0 Å². The normalized spacial score (nSPS) is 18.2. The molecule has 1 aromatic carbocycles.